The van der Waals surface area contributed by atoms with Crippen LogP contribution in [-0.2, 0) is 9.59 Å². The van der Waals surface area contributed by atoms with Crippen LogP contribution in [0.3, 0.4) is 0 Å². The van der Waals surface area contributed by atoms with Crippen molar-refractivity contribution in [3.05, 3.63) is 96.6 Å². The fraction of sp³-hybridized carbons (Fsp3) is 0.257. The zero-order chi connectivity index (χ0) is 33.8. The highest BCUT2D eigenvalue weighted by Crippen LogP contribution is 2.31. The van der Waals surface area contributed by atoms with Gasteiger partial charge in [0.2, 0.25) is 6.86 Å². The summed E-state index contributed by atoms with van der Waals surface area (Å²) in [5, 5.41) is 0. The Kier molecular flexibility index (Phi) is 12.3. The SMILES string of the molecule is O=C(CCCCCCCC(=O)Oc1ccc(-c2ccc(OC(F)(F)F)c(F)c2)cc1)Oc1ccc(-c2ccc(OCF)c(F)c2)cc1. The van der Waals surface area contributed by atoms with Crippen LogP contribution in [-0.4, -0.2) is 25.2 Å². The van der Waals surface area contributed by atoms with Crippen LogP contribution >= 0.6 is 0 Å². The van der Waals surface area contributed by atoms with Crippen LogP contribution in [0.4, 0.5) is 26.3 Å². The minimum absolute atomic E-state index is 0.179. The molecule has 0 saturated carbocycles. The van der Waals surface area contributed by atoms with E-state index in [1.807, 2.05) is 0 Å². The van der Waals surface area contributed by atoms with Gasteiger partial charge < -0.3 is 18.9 Å². The molecule has 0 aliphatic heterocycles. The number of halogens is 6. The van der Waals surface area contributed by atoms with E-state index in [9.17, 15) is 35.9 Å². The van der Waals surface area contributed by atoms with Crippen molar-refractivity contribution in [2.24, 2.45) is 0 Å². The second-order valence-corrected chi connectivity index (χ2v) is 10.4. The van der Waals surface area contributed by atoms with Crippen molar-refractivity contribution in [1.82, 2.24) is 0 Å². The molecule has 0 spiro atoms. The largest absolute Gasteiger partial charge is 0.573 e. The Bertz CT molecular complexity index is 1640. The molecule has 0 radical (unpaired) electrons. The van der Waals surface area contributed by atoms with Crippen LogP contribution in [0.1, 0.15) is 44.9 Å². The van der Waals surface area contributed by atoms with Crippen molar-refractivity contribution in [2.75, 3.05) is 6.86 Å². The van der Waals surface area contributed by atoms with Gasteiger partial charge in [0.25, 0.3) is 0 Å². The molecule has 0 amide bonds. The highest BCUT2D eigenvalue weighted by molar-refractivity contribution is 5.74. The summed E-state index contributed by atoms with van der Waals surface area (Å²) in [7, 11) is 0. The predicted octanol–water partition coefficient (Wildman–Crippen LogP) is 9.74. The van der Waals surface area contributed by atoms with Gasteiger partial charge in [0, 0.05) is 12.8 Å². The summed E-state index contributed by atoms with van der Waals surface area (Å²) in [6.07, 6.45) is -1.06. The van der Waals surface area contributed by atoms with Gasteiger partial charge in [0.1, 0.15) is 11.5 Å². The first-order valence-electron chi connectivity index (χ1n) is 14.7. The van der Waals surface area contributed by atoms with Gasteiger partial charge in [-0.05, 0) is 83.6 Å². The van der Waals surface area contributed by atoms with Gasteiger partial charge in [0.05, 0.1) is 0 Å². The maximum atomic E-state index is 14.0. The van der Waals surface area contributed by atoms with Crippen LogP contribution in [0.25, 0.3) is 22.3 Å². The zero-order valence-electron chi connectivity index (χ0n) is 25.0. The van der Waals surface area contributed by atoms with Gasteiger partial charge in [-0.3, -0.25) is 9.59 Å². The summed E-state index contributed by atoms with van der Waals surface area (Å²) in [6.45, 7) is -1.13. The molecule has 0 fully saturated rings. The first kappa shape index (κ1) is 34.9. The molecule has 248 valence electrons. The van der Waals surface area contributed by atoms with Gasteiger partial charge in [-0.2, -0.15) is 0 Å². The van der Waals surface area contributed by atoms with Gasteiger partial charge in [-0.15, -0.1) is 13.2 Å². The molecular weight excluding hydrogens is 630 g/mol. The lowest BCUT2D eigenvalue weighted by molar-refractivity contribution is -0.275. The lowest BCUT2D eigenvalue weighted by Gasteiger charge is -2.11. The van der Waals surface area contributed by atoms with Crippen molar-refractivity contribution in [2.45, 2.75) is 51.3 Å². The average Bonchev–Trinajstić information content (AvgIpc) is 3.03. The molecule has 0 saturated heterocycles. The van der Waals surface area contributed by atoms with E-state index in [1.165, 1.54) is 30.3 Å². The second kappa shape index (κ2) is 16.5. The molecule has 6 nitrogen and oxygen atoms in total. The fourth-order valence-electron chi connectivity index (χ4n) is 4.61. The fourth-order valence-corrected chi connectivity index (χ4v) is 4.61. The van der Waals surface area contributed by atoms with Gasteiger partial charge in [0.15, 0.2) is 23.1 Å². The standard InChI is InChI=1S/C35H30F6O6/c36-22-44-31-18-12-25(20-29(31)37)23-8-14-27(15-9-23)45-33(42)6-4-2-1-3-5-7-34(43)46-28-16-10-24(11-17-28)26-13-19-32(30(38)21-26)47-35(39,40)41/h8-21H,1-7,22H2. The Morgan fingerprint density at radius 1 is 0.553 bits per heavy atom. The molecule has 12 heteroatoms. The lowest BCUT2D eigenvalue weighted by atomic mass is 10.1. The first-order chi connectivity index (χ1) is 22.5. The minimum atomic E-state index is -5.00. The third kappa shape index (κ3) is 11.1. The number of esters is 2. The van der Waals surface area contributed by atoms with Crippen molar-refractivity contribution >= 4 is 11.9 Å². The molecule has 0 bridgehead atoms. The van der Waals surface area contributed by atoms with Crippen molar-refractivity contribution in [1.29, 1.82) is 0 Å². The van der Waals surface area contributed by atoms with E-state index in [0.717, 1.165) is 31.4 Å². The molecule has 4 aromatic carbocycles. The van der Waals surface area contributed by atoms with Crippen LogP contribution in [0.5, 0.6) is 23.0 Å². The summed E-state index contributed by atoms with van der Waals surface area (Å²) in [5.74, 6) is -3.14. The number of carbonyl (C=O) groups is 2. The molecular formula is C35H30F6O6. The molecule has 4 rings (SSSR count). The monoisotopic (exact) mass is 660 g/mol. The maximum absolute atomic E-state index is 14.0. The first-order valence-corrected chi connectivity index (χ1v) is 14.7. The summed E-state index contributed by atoms with van der Waals surface area (Å²) in [4.78, 5) is 24.4. The van der Waals surface area contributed by atoms with Gasteiger partial charge in [-0.25, -0.2) is 13.2 Å². The number of benzene rings is 4. The van der Waals surface area contributed by atoms with Crippen molar-refractivity contribution < 1.29 is 54.9 Å². The molecule has 47 heavy (non-hydrogen) atoms. The van der Waals surface area contributed by atoms with Gasteiger partial charge >= 0.3 is 18.3 Å². The minimum Gasteiger partial charge on any atom is -0.460 e. The summed E-state index contributed by atoms with van der Waals surface area (Å²) in [5.41, 5.74) is 2.07. The third-order valence-electron chi connectivity index (χ3n) is 6.90. The number of alkyl halides is 4. The van der Waals surface area contributed by atoms with Crippen LogP contribution in [0, 0.1) is 11.6 Å². The van der Waals surface area contributed by atoms with E-state index in [-0.39, 0.29) is 30.3 Å². The topological polar surface area (TPSA) is 71.1 Å². The summed E-state index contributed by atoms with van der Waals surface area (Å²) in [6, 6.07) is 19.9. The molecule has 0 aliphatic carbocycles. The molecule has 0 unspecified atom stereocenters. The number of rotatable bonds is 15. The van der Waals surface area contributed by atoms with E-state index in [0.29, 0.717) is 40.8 Å². The van der Waals surface area contributed by atoms with E-state index >= 15 is 0 Å². The van der Waals surface area contributed by atoms with E-state index in [1.54, 1.807) is 42.5 Å². The number of carbonyl (C=O) groups excluding carboxylic acids is 2. The van der Waals surface area contributed by atoms with Crippen molar-refractivity contribution in [3.8, 4) is 45.3 Å². The van der Waals surface area contributed by atoms with Crippen LogP contribution < -0.4 is 18.9 Å². The Morgan fingerprint density at radius 3 is 1.36 bits per heavy atom. The summed E-state index contributed by atoms with van der Waals surface area (Å²) >= 11 is 0. The number of hydrogen-bond donors (Lipinski definition) is 0. The smallest absolute Gasteiger partial charge is 0.460 e. The highest BCUT2D eigenvalue weighted by Gasteiger charge is 2.32. The molecule has 0 aliphatic rings. The maximum Gasteiger partial charge on any atom is 0.573 e. The number of unbranched alkanes of at least 4 members (excludes halogenated alkanes) is 4. The molecule has 0 aromatic heterocycles. The van der Waals surface area contributed by atoms with E-state index in [4.69, 9.17) is 9.47 Å². The van der Waals surface area contributed by atoms with E-state index < -0.39 is 36.6 Å². The Morgan fingerprint density at radius 2 is 0.957 bits per heavy atom. The molecule has 0 atom stereocenters. The van der Waals surface area contributed by atoms with Crippen molar-refractivity contribution in [3.63, 3.8) is 0 Å². The Labute approximate surface area is 266 Å². The van der Waals surface area contributed by atoms with E-state index in [2.05, 4.69) is 9.47 Å². The lowest BCUT2D eigenvalue weighted by Crippen LogP contribution is -2.17. The third-order valence-corrected chi connectivity index (χ3v) is 6.90. The van der Waals surface area contributed by atoms with Crippen LogP contribution in [0.15, 0.2) is 84.9 Å². The Hall–Kier alpha value is -5.00. The molecule has 4 aromatic rings. The average molecular weight is 661 g/mol. The number of ether oxygens (including phenoxy) is 4. The van der Waals surface area contributed by atoms with Crippen LogP contribution in [0.2, 0.25) is 0 Å². The zero-order valence-corrected chi connectivity index (χ0v) is 25.0. The molecule has 0 N–H and O–H groups in total. The number of hydrogen-bond acceptors (Lipinski definition) is 6. The van der Waals surface area contributed by atoms with Gasteiger partial charge in [-0.1, -0.05) is 55.7 Å². The normalized spacial score (nSPS) is 11.2. The quantitative estimate of drug-likeness (QED) is 0.0547. The molecule has 0 heterocycles. The Balaban J connectivity index is 1.09. The predicted molar refractivity (Wildman–Crippen MR) is 161 cm³/mol. The second-order valence-electron chi connectivity index (χ2n) is 10.4. The summed E-state index contributed by atoms with van der Waals surface area (Å²) < 4.78 is 96.2. The highest BCUT2D eigenvalue weighted by atomic mass is 19.4.